The summed E-state index contributed by atoms with van der Waals surface area (Å²) in [6.07, 6.45) is 4.23. The lowest BCUT2D eigenvalue weighted by molar-refractivity contribution is -0.122. The molecular weight excluding hydrogens is 214 g/mol. The molecule has 0 radical (unpaired) electrons. The Bertz CT molecular complexity index is 191. The van der Waals surface area contributed by atoms with Gasteiger partial charge in [-0.3, -0.25) is 4.79 Å². The van der Waals surface area contributed by atoms with E-state index in [9.17, 15) is 4.79 Å². The zero-order valence-electron chi connectivity index (χ0n) is 11.9. The van der Waals surface area contributed by atoms with Crippen molar-refractivity contribution in [2.75, 3.05) is 19.8 Å². The summed E-state index contributed by atoms with van der Waals surface area (Å²) in [6, 6.07) is 0. The van der Waals surface area contributed by atoms with E-state index in [0.29, 0.717) is 25.5 Å². The summed E-state index contributed by atoms with van der Waals surface area (Å²) >= 11 is 0. The van der Waals surface area contributed by atoms with E-state index in [4.69, 9.17) is 4.74 Å². The SMILES string of the molecule is CC(C)CCCCOCCNC(=O)CC(C)C. The Morgan fingerprint density at radius 1 is 1.06 bits per heavy atom. The maximum atomic E-state index is 11.3. The van der Waals surface area contributed by atoms with Gasteiger partial charge in [0.1, 0.15) is 0 Å². The third-order valence-electron chi connectivity index (χ3n) is 2.48. The van der Waals surface area contributed by atoms with Gasteiger partial charge in [-0.05, 0) is 18.3 Å². The number of nitrogens with one attached hydrogen (secondary N) is 1. The fraction of sp³-hybridized carbons (Fsp3) is 0.929. The molecule has 1 amide bonds. The van der Waals surface area contributed by atoms with Crippen LogP contribution < -0.4 is 5.32 Å². The zero-order chi connectivity index (χ0) is 13.1. The first-order chi connectivity index (χ1) is 8.02. The molecule has 0 atom stereocenters. The van der Waals surface area contributed by atoms with Crippen LogP contribution in [0.3, 0.4) is 0 Å². The molecule has 0 bridgehead atoms. The number of carbonyl (C=O) groups excluding carboxylic acids is 1. The van der Waals surface area contributed by atoms with Crippen molar-refractivity contribution < 1.29 is 9.53 Å². The van der Waals surface area contributed by atoms with Crippen LogP contribution in [0.2, 0.25) is 0 Å². The number of hydrogen-bond donors (Lipinski definition) is 1. The van der Waals surface area contributed by atoms with Crippen LogP contribution in [0.4, 0.5) is 0 Å². The van der Waals surface area contributed by atoms with Gasteiger partial charge in [0.15, 0.2) is 0 Å². The monoisotopic (exact) mass is 243 g/mol. The summed E-state index contributed by atoms with van der Waals surface area (Å²) in [5, 5.41) is 2.86. The molecule has 0 saturated heterocycles. The Labute approximate surface area is 106 Å². The third-order valence-corrected chi connectivity index (χ3v) is 2.48. The van der Waals surface area contributed by atoms with Crippen LogP contribution in [-0.2, 0) is 9.53 Å². The predicted octanol–water partition coefficient (Wildman–Crippen LogP) is 2.99. The molecule has 0 aromatic heterocycles. The molecule has 0 saturated carbocycles. The first-order valence-electron chi connectivity index (χ1n) is 6.86. The number of hydrogen-bond acceptors (Lipinski definition) is 2. The normalized spacial score (nSPS) is 11.2. The minimum Gasteiger partial charge on any atom is -0.380 e. The quantitative estimate of drug-likeness (QED) is 0.599. The molecule has 0 aliphatic carbocycles. The average Bonchev–Trinajstić information content (AvgIpc) is 2.20. The van der Waals surface area contributed by atoms with Gasteiger partial charge in [-0.25, -0.2) is 0 Å². The number of rotatable bonds is 10. The summed E-state index contributed by atoms with van der Waals surface area (Å²) in [4.78, 5) is 11.3. The fourth-order valence-corrected chi connectivity index (χ4v) is 1.56. The van der Waals surface area contributed by atoms with E-state index in [1.165, 1.54) is 12.8 Å². The highest BCUT2D eigenvalue weighted by Gasteiger charge is 2.03. The van der Waals surface area contributed by atoms with E-state index in [1.807, 2.05) is 13.8 Å². The topological polar surface area (TPSA) is 38.3 Å². The Kier molecular flexibility index (Phi) is 10.2. The lowest BCUT2D eigenvalue weighted by Crippen LogP contribution is -2.28. The molecule has 0 aromatic rings. The van der Waals surface area contributed by atoms with Crippen molar-refractivity contribution in [3.05, 3.63) is 0 Å². The molecule has 1 N–H and O–H groups in total. The number of unbranched alkanes of at least 4 members (excludes halogenated alkanes) is 1. The third kappa shape index (κ3) is 13.4. The summed E-state index contributed by atoms with van der Waals surface area (Å²) in [5.41, 5.74) is 0. The molecule has 17 heavy (non-hydrogen) atoms. The molecule has 0 heterocycles. The van der Waals surface area contributed by atoms with E-state index in [2.05, 4.69) is 19.2 Å². The summed E-state index contributed by atoms with van der Waals surface area (Å²) in [7, 11) is 0. The predicted molar refractivity (Wildman–Crippen MR) is 72.0 cm³/mol. The molecule has 102 valence electrons. The van der Waals surface area contributed by atoms with E-state index in [0.717, 1.165) is 18.9 Å². The number of ether oxygens (including phenoxy) is 1. The van der Waals surface area contributed by atoms with Crippen molar-refractivity contribution in [1.82, 2.24) is 5.32 Å². The first-order valence-corrected chi connectivity index (χ1v) is 6.86. The summed E-state index contributed by atoms with van der Waals surface area (Å²) in [5.74, 6) is 1.33. The second-order valence-electron chi connectivity index (χ2n) is 5.45. The largest absolute Gasteiger partial charge is 0.380 e. The van der Waals surface area contributed by atoms with E-state index >= 15 is 0 Å². The summed E-state index contributed by atoms with van der Waals surface area (Å²) in [6.45, 7) is 10.7. The Morgan fingerprint density at radius 3 is 2.35 bits per heavy atom. The van der Waals surface area contributed by atoms with Gasteiger partial charge in [-0.15, -0.1) is 0 Å². The van der Waals surface area contributed by atoms with Gasteiger partial charge in [0.25, 0.3) is 0 Å². The van der Waals surface area contributed by atoms with Crippen LogP contribution in [0.25, 0.3) is 0 Å². The molecule has 0 aliphatic rings. The van der Waals surface area contributed by atoms with Crippen molar-refractivity contribution in [1.29, 1.82) is 0 Å². The Morgan fingerprint density at radius 2 is 1.76 bits per heavy atom. The minimum atomic E-state index is 0.128. The minimum absolute atomic E-state index is 0.128. The molecular formula is C14H29NO2. The van der Waals surface area contributed by atoms with Crippen molar-refractivity contribution in [2.24, 2.45) is 11.8 Å². The first kappa shape index (κ1) is 16.4. The number of amides is 1. The van der Waals surface area contributed by atoms with Crippen LogP contribution >= 0.6 is 0 Å². The van der Waals surface area contributed by atoms with Gasteiger partial charge >= 0.3 is 0 Å². The molecule has 0 aliphatic heterocycles. The highest BCUT2D eigenvalue weighted by molar-refractivity contribution is 5.75. The van der Waals surface area contributed by atoms with Crippen molar-refractivity contribution in [3.8, 4) is 0 Å². The molecule has 0 fully saturated rings. The standard InChI is InChI=1S/C14H29NO2/c1-12(2)7-5-6-9-17-10-8-15-14(16)11-13(3)4/h12-13H,5-11H2,1-4H3,(H,15,16). The average molecular weight is 243 g/mol. The molecule has 3 nitrogen and oxygen atoms in total. The fourth-order valence-electron chi connectivity index (χ4n) is 1.56. The van der Waals surface area contributed by atoms with E-state index < -0.39 is 0 Å². The van der Waals surface area contributed by atoms with Gasteiger partial charge in [0.2, 0.25) is 5.91 Å². The van der Waals surface area contributed by atoms with Crippen LogP contribution in [-0.4, -0.2) is 25.7 Å². The van der Waals surface area contributed by atoms with Crippen molar-refractivity contribution in [3.63, 3.8) is 0 Å². The van der Waals surface area contributed by atoms with Crippen LogP contribution in [0.15, 0.2) is 0 Å². The maximum Gasteiger partial charge on any atom is 0.220 e. The van der Waals surface area contributed by atoms with E-state index in [1.54, 1.807) is 0 Å². The maximum absolute atomic E-state index is 11.3. The van der Waals surface area contributed by atoms with Crippen molar-refractivity contribution in [2.45, 2.75) is 53.4 Å². The van der Waals surface area contributed by atoms with Gasteiger partial charge in [0, 0.05) is 19.6 Å². The molecule has 0 unspecified atom stereocenters. The van der Waals surface area contributed by atoms with Gasteiger partial charge in [-0.1, -0.05) is 40.5 Å². The van der Waals surface area contributed by atoms with Gasteiger partial charge in [0.05, 0.1) is 6.61 Å². The lowest BCUT2D eigenvalue weighted by atomic mass is 10.1. The smallest absolute Gasteiger partial charge is 0.220 e. The summed E-state index contributed by atoms with van der Waals surface area (Å²) < 4.78 is 5.46. The van der Waals surface area contributed by atoms with Crippen LogP contribution in [0.5, 0.6) is 0 Å². The highest BCUT2D eigenvalue weighted by atomic mass is 16.5. The molecule has 3 heteroatoms. The second-order valence-corrected chi connectivity index (χ2v) is 5.45. The lowest BCUT2D eigenvalue weighted by Gasteiger charge is -2.08. The molecule has 0 rings (SSSR count). The van der Waals surface area contributed by atoms with E-state index in [-0.39, 0.29) is 5.91 Å². The van der Waals surface area contributed by atoms with Gasteiger partial charge in [-0.2, -0.15) is 0 Å². The zero-order valence-corrected chi connectivity index (χ0v) is 11.9. The molecule has 0 spiro atoms. The molecule has 0 aromatic carbocycles. The van der Waals surface area contributed by atoms with Crippen LogP contribution in [0.1, 0.15) is 53.4 Å². The van der Waals surface area contributed by atoms with Gasteiger partial charge < -0.3 is 10.1 Å². The highest BCUT2D eigenvalue weighted by Crippen LogP contribution is 2.05. The van der Waals surface area contributed by atoms with Crippen molar-refractivity contribution >= 4 is 5.91 Å². The number of carbonyl (C=O) groups is 1. The Balaban J connectivity index is 3.16. The second kappa shape index (κ2) is 10.6. The van der Waals surface area contributed by atoms with Crippen LogP contribution in [0, 0.1) is 11.8 Å². The Hall–Kier alpha value is -0.570.